The van der Waals surface area contributed by atoms with Crippen molar-refractivity contribution in [3.05, 3.63) is 18.2 Å². The standard InChI is InChI=1S/C15H27N5O/c1-19(2)15(6-4-3-5-7-15)11-17-14(21)13-10-20(9-8-16)12-18-13/h10,12H,3-9,11,16H2,1-2H3,(H,17,21). The summed E-state index contributed by atoms with van der Waals surface area (Å²) in [5.74, 6) is -0.0995. The Morgan fingerprint density at radius 1 is 1.43 bits per heavy atom. The number of hydrogen-bond acceptors (Lipinski definition) is 4. The van der Waals surface area contributed by atoms with E-state index in [9.17, 15) is 4.79 Å². The van der Waals surface area contributed by atoms with Gasteiger partial charge in [-0.15, -0.1) is 0 Å². The zero-order valence-electron chi connectivity index (χ0n) is 13.1. The van der Waals surface area contributed by atoms with Crippen LogP contribution in [0.3, 0.4) is 0 Å². The maximum absolute atomic E-state index is 12.2. The van der Waals surface area contributed by atoms with E-state index in [1.807, 2.05) is 4.57 Å². The Bertz CT molecular complexity index is 462. The molecule has 0 bridgehead atoms. The zero-order chi connectivity index (χ0) is 15.3. The Labute approximate surface area is 126 Å². The molecule has 1 aliphatic rings. The third-order valence-electron chi connectivity index (χ3n) is 4.56. The van der Waals surface area contributed by atoms with E-state index in [0.717, 1.165) is 12.8 Å². The molecule has 6 heteroatoms. The summed E-state index contributed by atoms with van der Waals surface area (Å²) >= 11 is 0. The molecule has 118 valence electrons. The highest BCUT2D eigenvalue weighted by atomic mass is 16.1. The minimum atomic E-state index is -0.0995. The SMILES string of the molecule is CN(C)C1(CNC(=O)c2cn(CCN)cn2)CCCCC1. The number of aromatic nitrogens is 2. The van der Waals surface area contributed by atoms with Gasteiger partial charge in [-0.25, -0.2) is 4.98 Å². The van der Waals surface area contributed by atoms with Crippen molar-refractivity contribution in [2.75, 3.05) is 27.2 Å². The summed E-state index contributed by atoms with van der Waals surface area (Å²) in [5.41, 5.74) is 6.05. The average molecular weight is 293 g/mol. The molecule has 0 radical (unpaired) electrons. The Kier molecular flexibility index (Phi) is 5.36. The van der Waals surface area contributed by atoms with Crippen LogP contribution >= 0.6 is 0 Å². The van der Waals surface area contributed by atoms with Crippen molar-refractivity contribution in [3.63, 3.8) is 0 Å². The van der Waals surface area contributed by atoms with E-state index < -0.39 is 0 Å². The second-order valence-electron chi connectivity index (χ2n) is 6.15. The maximum Gasteiger partial charge on any atom is 0.271 e. The topological polar surface area (TPSA) is 76.2 Å². The number of carbonyl (C=O) groups is 1. The summed E-state index contributed by atoms with van der Waals surface area (Å²) in [4.78, 5) is 18.6. The molecule has 0 saturated heterocycles. The Morgan fingerprint density at radius 3 is 2.76 bits per heavy atom. The van der Waals surface area contributed by atoms with Gasteiger partial charge in [-0.3, -0.25) is 4.79 Å². The Balaban J connectivity index is 1.95. The van der Waals surface area contributed by atoms with Gasteiger partial charge in [0.2, 0.25) is 0 Å². The third kappa shape index (κ3) is 3.83. The van der Waals surface area contributed by atoms with Crippen LogP contribution in [0.2, 0.25) is 0 Å². The molecule has 1 fully saturated rings. The summed E-state index contributed by atoms with van der Waals surface area (Å²) < 4.78 is 1.84. The van der Waals surface area contributed by atoms with Gasteiger partial charge in [0.1, 0.15) is 5.69 Å². The van der Waals surface area contributed by atoms with Crippen LogP contribution in [0.1, 0.15) is 42.6 Å². The molecule has 1 saturated carbocycles. The van der Waals surface area contributed by atoms with E-state index in [2.05, 4.69) is 29.3 Å². The number of amides is 1. The lowest BCUT2D eigenvalue weighted by molar-refractivity contribution is 0.0796. The van der Waals surface area contributed by atoms with Gasteiger partial charge in [0.15, 0.2) is 0 Å². The number of imidazole rings is 1. The van der Waals surface area contributed by atoms with E-state index in [4.69, 9.17) is 5.73 Å². The number of nitrogens with two attached hydrogens (primary N) is 1. The summed E-state index contributed by atoms with van der Waals surface area (Å²) in [6.07, 6.45) is 9.46. The van der Waals surface area contributed by atoms with E-state index in [-0.39, 0.29) is 11.4 Å². The monoisotopic (exact) mass is 293 g/mol. The van der Waals surface area contributed by atoms with Gasteiger partial charge in [0, 0.05) is 31.4 Å². The molecule has 0 spiro atoms. The van der Waals surface area contributed by atoms with Gasteiger partial charge in [-0.05, 0) is 26.9 Å². The normalized spacial score (nSPS) is 17.9. The van der Waals surface area contributed by atoms with Crippen LogP contribution in [0, 0.1) is 0 Å². The van der Waals surface area contributed by atoms with E-state index in [1.165, 1.54) is 19.3 Å². The number of carbonyl (C=O) groups excluding carboxylic acids is 1. The second kappa shape index (κ2) is 7.04. The molecule has 3 N–H and O–H groups in total. The van der Waals surface area contributed by atoms with Gasteiger partial charge < -0.3 is 20.5 Å². The molecular weight excluding hydrogens is 266 g/mol. The number of nitrogens with zero attached hydrogens (tertiary/aromatic N) is 3. The molecule has 1 aromatic heterocycles. The van der Waals surface area contributed by atoms with Crippen molar-refractivity contribution in [2.45, 2.75) is 44.2 Å². The van der Waals surface area contributed by atoms with Crippen molar-refractivity contribution in [2.24, 2.45) is 5.73 Å². The van der Waals surface area contributed by atoms with E-state index in [1.54, 1.807) is 12.5 Å². The second-order valence-corrected chi connectivity index (χ2v) is 6.15. The molecule has 2 rings (SSSR count). The van der Waals surface area contributed by atoms with Gasteiger partial charge in [-0.2, -0.15) is 0 Å². The minimum absolute atomic E-state index is 0.0910. The van der Waals surface area contributed by atoms with Crippen LogP contribution in [0.15, 0.2) is 12.5 Å². The summed E-state index contributed by atoms with van der Waals surface area (Å²) in [7, 11) is 4.21. The highest BCUT2D eigenvalue weighted by Gasteiger charge is 2.34. The third-order valence-corrected chi connectivity index (χ3v) is 4.56. The van der Waals surface area contributed by atoms with Crippen molar-refractivity contribution in [3.8, 4) is 0 Å². The Morgan fingerprint density at radius 2 is 2.14 bits per heavy atom. The number of rotatable bonds is 6. The Hall–Kier alpha value is -1.40. The van der Waals surface area contributed by atoms with Crippen LogP contribution in [0.4, 0.5) is 0 Å². The highest BCUT2D eigenvalue weighted by Crippen LogP contribution is 2.31. The van der Waals surface area contributed by atoms with Crippen molar-refractivity contribution in [1.29, 1.82) is 0 Å². The number of nitrogens with one attached hydrogen (secondary N) is 1. The largest absolute Gasteiger partial charge is 0.349 e. The molecule has 0 unspecified atom stereocenters. The van der Waals surface area contributed by atoms with Crippen molar-refractivity contribution >= 4 is 5.91 Å². The molecular formula is C15H27N5O. The first kappa shape index (κ1) is 16.0. The van der Waals surface area contributed by atoms with Crippen LogP contribution in [-0.2, 0) is 6.54 Å². The number of hydrogen-bond donors (Lipinski definition) is 2. The smallest absolute Gasteiger partial charge is 0.271 e. The highest BCUT2D eigenvalue weighted by molar-refractivity contribution is 5.92. The fraction of sp³-hybridized carbons (Fsp3) is 0.733. The molecule has 1 aromatic rings. The van der Waals surface area contributed by atoms with Crippen molar-refractivity contribution in [1.82, 2.24) is 19.8 Å². The van der Waals surface area contributed by atoms with E-state index >= 15 is 0 Å². The van der Waals surface area contributed by atoms with Gasteiger partial charge >= 0.3 is 0 Å². The summed E-state index contributed by atoms with van der Waals surface area (Å²) in [5, 5.41) is 3.06. The maximum atomic E-state index is 12.2. The first-order valence-electron chi connectivity index (χ1n) is 7.75. The fourth-order valence-corrected chi connectivity index (χ4v) is 3.08. The molecule has 21 heavy (non-hydrogen) atoms. The summed E-state index contributed by atoms with van der Waals surface area (Å²) in [6, 6.07) is 0. The van der Waals surface area contributed by atoms with Crippen LogP contribution in [0.25, 0.3) is 0 Å². The quantitative estimate of drug-likeness (QED) is 0.815. The molecule has 6 nitrogen and oxygen atoms in total. The van der Waals surface area contributed by atoms with Crippen LogP contribution in [-0.4, -0.2) is 53.1 Å². The van der Waals surface area contributed by atoms with Crippen molar-refractivity contribution < 1.29 is 4.79 Å². The molecule has 1 amide bonds. The van der Waals surface area contributed by atoms with Gasteiger partial charge in [0.05, 0.1) is 6.33 Å². The molecule has 1 aliphatic carbocycles. The molecule has 0 atom stereocenters. The predicted octanol–water partition coefficient (Wildman–Crippen LogP) is 0.836. The molecule has 1 heterocycles. The average Bonchev–Trinajstić information content (AvgIpc) is 2.95. The number of likely N-dealkylation sites (N-methyl/N-ethyl adjacent to an activating group) is 1. The zero-order valence-corrected chi connectivity index (χ0v) is 13.1. The van der Waals surface area contributed by atoms with Gasteiger partial charge in [0.25, 0.3) is 5.91 Å². The summed E-state index contributed by atoms with van der Waals surface area (Å²) in [6.45, 7) is 1.91. The lowest BCUT2D eigenvalue weighted by Crippen LogP contribution is -2.53. The fourth-order valence-electron chi connectivity index (χ4n) is 3.08. The first-order valence-corrected chi connectivity index (χ1v) is 7.75. The van der Waals surface area contributed by atoms with E-state index in [0.29, 0.717) is 25.3 Å². The van der Waals surface area contributed by atoms with Gasteiger partial charge in [-0.1, -0.05) is 19.3 Å². The molecule has 0 aromatic carbocycles. The molecule has 0 aliphatic heterocycles. The predicted molar refractivity (Wildman–Crippen MR) is 83.1 cm³/mol. The van der Waals surface area contributed by atoms with Crippen LogP contribution in [0.5, 0.6) is 0 Å². The minimum Gasteiger partial charge on any atom is -0.349 e. The van der Waals surface area contributed by atoms with Crippen LogP contribution < -0.4 is 11.1 Å². The lowest BCUT2D eigenvalue weighted by atomic mass is 9.80. The lowest BCUT2D eigenvalue weighted by Gasteiger charge is -2.43. The first-order chi connectivity index (χ1) is 10.1.